The predicted molar refractivity (Wildman–Crippen MR) is 51.7 cm³/mol. The Morgan fingerprint density at radius 2 is 2.31 bits per heavy atom. The van der Waals surface area contributed by atoms with Crippen molar-refractivity contribution in [1.82, 2.24) is 4.57 Å². The number of aromatic nitrogens is 1. The Bertz CT molecular complexity index is 330. The molecule has 1 heterocycles. The fourth-order valence-corrected chi connectivity index (χ4v) is 1.19. The molecule has 1 aromatic rings. The van der Waals surface area contributed by atoms with Gasteiger partial charge in [-0.3, -0.25) is 4.79 Å². The Balaban J connectivity index is 2.89. The van der Waals surface area contributed by atoms with E-state index >= 15 is 0 Å². The van der Waals surface area contributed by atoms with Gasteiger partial charge in [0.25, 0.3) is 5.56 Å². The molecule has 1 atom stereocenters. The Morgan fingerprint density at radius 3 is 2.92 bits per heavy atom. The van der Waals surface area contributed by atoms with Crippen LogP contribution in [0.3, 0.4) is 0 Å². The Kier molecular flexibility index (Phi) is 3.25. The van der Waals surface area contributed by atoms with Gasteiger partial charge in [-0.05, 0) is 18.9 Å². The maximum absolute atomic E-state index is 11.5. The molecule has 0 fully saturated rings. The molecule has 1 rings (SSSR count). The van der Waals surface area contributed by atoms with Crippen LogP contribution in [-0.4, -0.2) is 16.3 Å². The van der Waals surface area contributed by atoms with Gasteiger partial charge in [0.15, 0.2) is 0 Å². The van der Waals surface area contributed by atoms with Crippen LogP contribution in [0.4, 0.5) is 0 Å². The second kappa shape index (κ2) is 4.23. The molecule has 1 unspecified atom stereocenters. The summed E-state index contributed by atoms with van der Waals surface area (Å²) in [4.78, 5) is 11.5. The molecule has 0 amide bonds. The van der Waals surface area contributed by atoms with E-state index in [9.17, 15) is 4.79 Å². The van der Waals surface area contributed by atoms with E-state index in [1.54, 1.807) is 23.8 Å². The summed E-state index contributed by atoms with van der Waals surface area (Å²) in [6.07, 6.45) is 1.75. The second-order valence-electron chi connectivity index (χ2n) is 3.44. The highest BCUT2D eigenvalue weighted by Crippen LogP contribution is 1.97. The van der Waals surface area contributed by atoms with Gasteiger partial charge >= 0.3 is 0 Å². The summed E-state index contributed by atoms with van der Waals surface area (Å²) in [5.41, 5.74) is 0.774. The van der Waals surface area contributed by atoms with E-state index in [0.717, 1.165) is 5.56 Å². The molecular weight excluding hydrogens is 166 g/mol. The van der Waals surface area contributed by atoms with E-state index in [1.807, 2.05) is 13.0 Å². The molecule has 0 radical (unpaired) electrons. The van der Waals surface area contributed by atoms with Gasteiger partial charge in [0, 0.05) is 24.9 Å². The van der Waals surface area contributed by atoms with E-state index in [4.69, 9.17) is 5.11 Å². The molecule has 0 bridgehead atoms. The van der Waals surface area contributed by atoms with Crippen molar-refractivity contribution in [1.29, 1.82) is 0 Å². The minimum absolute atomic E-state index is 0.0304. The van der Waals surface area contributed by atoms with E-state index in [-0.39, 0.29) is 18.1 Å². The first kappa shape index (κ1) is 9.99. The lowest BCUT2D eigenvalue weighted by Gasteiger charge is -2.10. The minimum atomic E-state index is 0.0304. The number of rotatable bonds is 3. The van der Waals surface area contributed by atoms with Gasteiger partial charge < -0.3 is 9.67 Å². The number of aryl methyl sites for hydroxylation is 1. The fraction of sp³-hybridized carbons (Fsp3) is 0.500. The maximum atomic E-state index is 11.5. The average Bonchev–Trinajstić information content (AvgIpc) is 2.13. The van der Waals surface area contributed by atoms with Crippen LogP contribution >= 0.6 is 0 Å². The quantitative estimate of drug-likeness (QED) is 0.749. The lowest BCUT2D eigenvalue weighted by atomic mass is 10.2. The van der Waals surface area contributed by atoms with Crippen LogP contribution in [0.2, 0.25) is 0 Å². The van der Waals surface area contributed by atoms with Crippen LogP contribution in [0.1, 0.15) is 12.5 Å². The SMILES string of the molecule is Cc1cccn(CC(C)CO)c1=O. The van der Waals surface area contributed by atoms with E-state index in [0.29, 0.717) is 6.54 Å². The highest BCUT2D eigenvalue weighted by molar-refractivity contribution is 5.07. The molecule has 1 aromatic heterocycles. The molecule has 72 valence electrons. The molecule has 0 aliphatic heterocycles. The van der Waals surface area contributed by atoms with Crippen molar-refractivity contribution in [3.8, 4) is 0 Å². The molecule has 1 N–H and O–H groups in total. The summed E-state index contributed by atoms with van der Waals surface area (Å²) in [5.74, 6) is 0.125. The first-order valence-corrected chi connectivity index (χ1v) is 4.42. The highest BCUT2D eigenvalue weighted by atomic mass is 16.3. The van der Waals surface area contributed by atoms with Crippen molar-refractivity contribution in [3.63, 3.8) is 0 Å². The normalized spacial score (nSPS) is 12.8. The third kappa shape index (κ3) is 2.42. The number of hydrogen-bond acceptors (Lipinski definition) is 2. The van der Waals surface area contributed by atoms with Crippen molar-refractivity contribution in [2.45, 2.75) is 20.4 Å². The van der Waals surface area contributed by atoms with Crippen molar-refractivity contribution in [2.75, 3.05) is 6.61 Å². The van der Waals surface area contributed by atoms with Gasteiger partial charge in [-0.1, -0.05) is 13.0 Å². The van der Waals surface area contributed by atoms with Gasteiger partial charge in [0.2, 0.25) is 0 Å². The largest absolute Gasteiger partial charge is 0.396 e. The fourth-order valence-electron chi connectivity index (χ4n) is 1.19. The van der Waals surface area contributed by atoms with Crippen molar-refractivity contribution >= 4 is 0 Å². The van der Waals surface area contributed by atoms with Gasteiger partial charge in [0.05, 0.1) is 0 Å². The molecule has 3 heteroatoms. The summed E-state index contributed by atoms with van der Waals surface area (Å²) < 4.78 is 1.64. The molecule has 0 saturated heterocycles. The number of nitrogens with zero attached hydrogens (tertiary/aromatic N) is 1. The Morgan fingerprint density at radius 1 is 1.62 bits per heavy atom. The molecular formula is C10H15NO2. The first-order valence-electron chi connectivity index (χ1n) is 4.42. The van der Waals surface area contributed by atoms with Gasteiger partial charge in [0.1, 0.15) is 0 Å². The van der Waals surface area contributed by atoms with Gasteiger partial charge in [-0.25, -0.2) is 0 Å². The van der Waals surface area contributed by atoms with Crippen molar-refractivity contribution in [3.05, 3.63) is 34.2 Å². The molecule has 3 nitrogen and oxygen atoms in total. The molecule has 0 aliphatic rings. The number of aliphatic hydroxyl groups is 1. The number of hydrogen-bond donors (Lipinski definition) is 1. The van der Waals surface area contributed by atoms with E-state index in [1.165, 1.54) is 0 Å². The molecule has 0 aromatic carbocycles. The first-order chi connectivity index (χ1) is 6.15. The monoisotopic (exact) mass is 181 g/mol. The zero-order valence-electron chi connectivity index (χ0n) is 8.03. The topological polar surface area (TPSA) is 42.2 Å². The summed E-state index contributed by atoms with van der Waals surface area (Å²) in [6.45, 7) is 4.40. The lowest BCUT2D eigenvalue weighted by molar-refractivity contribution is 0.222. The van der Waals surface area contributed by atoms with Gasteiger partial charge in [-0.2, -0.15) is 0 Å². The average molecular weight is 181 g/mol. The van der Waals surface area contributed by atoms with Crippen LogP contribution in [0.5, 0.6) is 0 Å². The summed E-state index contributed by atoms with van der Waals surface area (Å²) in [5, 5.41) is 8.84. The molecule has 0 saturated carbocycles. The third-order valence-corrected chi connectivity index (χ3v) is 2.03. The predicted octanol–water partition coefficient (Wildman–Crippen LogP) is 0.785. The van der Waals surface area contributed by atoms with Crippen molar-refractivity contribution < 1.29 is 5.11 Å². The van der Waals surface area contributed by atoms with Gasteiger partial charge in [-0.15, -0.1) is 0 Å². The third-order valence-electron chi connectivity index (χ3n) is 2.03. The number of pyridine rings is 1. The van der Waals surface area contributed by atoms with Crippen LogP contribution in [0.25, 0.3) is 0 Å². The zero-order chi connectivity index (χ0) is 9.84. The van der Waals surface area contributed by atoms with Crippen LogP contribution in [0, 0.1) is 12.8 Å². The van der Waals surface area contributed by atoms with Crippen molar-refractivity contribution in [2.24, 2.45) is 5.92 Å². The zero-order valence-corrected chi connectivity index (χ0v) is 8.03. The minimum Gasteiger partial charge on any atom is -0.396 e. The highest BCUT2D eigenvalue weighted by Gasteiger charge is 2.03. The summed E-state index contributed by atoms with van der Waals surface area (Å²) in [7, 11) is 0. The van der Waals surface area contributed by atoms with E-state index in [2.05, 4.69) is 0 Å². The maximum Gasteiger partial charge on any atom is 0.253 e. The molecule has 13 heavy (non-hydrogen) atoms. The summed E-state index contributed by atoms with van der Waals surface area (Å²) >= 11 is 0. The lowest BCUT2D eigenvalue weighted by Crippen LogP contribution is -2.25. The second-order valence-corrected chi connectivity index (χ2v) is 3.44. The van der Waals surface area contributed by atoms with Crippen LogP contribution in [0.15, 0.2) is 23.1 Å². The smallest absolute Gasteiger partial charge is 0.253 e. The molecule has 0 spiro atoms. The van der Waals surface area contributed by atoms with Crippen LogP contribution in [-0.2, 0) is 6.54 Å². The van der Waals surface area contributed by atoms with Crippen LogP contribution < -0.4 is 5.56 Å². The Labute approximate surface area is 77.6 Å². The van der Waals surface area contributed by atoms with E-state index < -0.39 is 0 Å². The molecule has 0 aliphatic carbocycles. The Hall–Kier alpha value is -1.09. The summed E-state index contributed by atoms with van der Waals surface area (Å²) in [6, 6.07) is 3.64. The number of aliphatic hydroxyl groups excluding tert-OH is 1. The standard InChI is InChI=1S/C10H15NO2/c1-8(7-12)6-11-5-3-4-9(2)10(11)13/h3-5,8,12H,6-7H2,1-2H3.